The van der Waals surface area contributed by atoms with E-state index in [0.717, 1.165) is 11.3 Å². The zero-order chi connectivity index (χ0) is 29.1. The monoisotopic (exact) mass is 566 g/mol. The zero-order valence-electron chi connectivity index (χ0n) is 22.1. The Morgan fingerprint density at radius 3 is 1.74 bits per heavy atom. The molecule has 6 rings (SSSR count). The van der Waals surface area contributed by atoms with Gasteiger partial charge in [-0.05, 0) is 65.7 Å². The van der Waals surface area contributed by atoms with Crippen LogP contribution in [0.5, 0.6) is 23.0 Å². The van der Waals surface area contributed by atoms with Crippen molar-refractivity contribution in [3.63, 3.8) is 0 Å². The highest BCUT2D eigenvalue weighted by Crippen LogP contribution is 2.36. The van der Waals surface area contributed by atoms with Gasteiger partial charge in [-0.15, -0.1) is 11.3 Å². The van der Waals surface area contributed by atoms with Crippen molar-refractivity contribution in [1.29, 1.82) is 10.5 Å². The number of thiazole rings is 1. The van der Waals surface area contributed by atoms with Crippen LogP contribution in [-0.2, 0) is 0 Å². The second-order valence-corrected chi connectivity index (χ2v) is 10.4. The Hall–Kier alpha value is -5.83. The number of hydrogen-bond acceptors (Lipinski definition) is 7. The molecule has 1 atom stereocenters. The molecular formula is C34H22N4O3S. The summed E-state index contributed by atoms with van der Waals surface area (Å²) in [5.74, 6) is 1.99. The average molecular weight is 567 g/mol. The summed E-state index contributed by atoms with van der Waals surface area (Å²) >= 11 is 1.17. The Balaban J connectivity index is 1.37. The molecule has 1 aromatic heterocycles. The summed E-state index contributed by atoms with van der Waals surface area (Å²) in [6.45, 7) is 0. The molecule has 0 spiro atoms. The number of aromatic nitrogens is 1. The van der Waals surface area contributed by atoms with Crippen molar-refractivity contribution in [3.05, 3.63) is 145 Å². The molecule has 1 aliphatic heterocycles. The van der Waals surface area contributed by atoms with Crippen LogP contribution < -0.4 is 30.0 Å². The van der Waals surface area contributed by atoms with E-state index in [-0.39, 0.29) is 22.5 Å². The van der Waals surface area contributed by atoms with Crippen LogP contribution >= 0.6 is 11.3 Å². The number of allylic oxidation sites excluding steroid dienone is 1. The number of benzene rings is 4. The molecule has 4 aromatic carbocycles. The van der Waals surface area contributed by atoms with Crippen molar-refractivity contribution in [1.82, 2.24) is 4.57 Å². The van der Waals surface area contributed by atoms with Crippen LogP contribution in [0, 0.1) is 22.7 Å². The van der Waals surface area contributed by atoms with Crippen LogP contribution in [0.3, 0.4) is 0 Å². The summed E-state index contributed by atoms with van der Waals surface area (Å²) in [6, 6.07) is 37.7. The van der Waals surface area contributed by atoms with Gasteiger partial charge in [0.2, 0.25) is 0 Å². The van der Waals surface area contributed by atoms with Crippen molar-refractivity contribution in [3.8, 4) is 35.1 Å². The minimum atomic E-state index is -0.717. The lowest BCUT2D eigenvalue weighted by atomic mass is 9.84. The van der Waals surface area contributed by atoms with Gasteiger partial charge >= 0.3 is 0 Å². The Morgan fingerprint density at radius 1 is 0.714 bits per heavy atom. The molecular weight excluding hydrogens is 544 g/mol. The summed E-state index contributed by atoms with van der Waals surface area (Å²) < 4.78 is 13.8. The number of nitriles is 2. The minimum Gasteiger partial charge on any atom is -0.457 e. The first kappa shape index (κ1) is 26.4. The van der Waals surface area contributed by atoms with Crippen molar-refractivity contribution >= 4 is 28.8 Å². The molecule has 0 fully saturated rings. The van der Waals surface area contributed by atoms with E-state index in [9.17, 15) is 15.3 Å². The van der Waals surface area contributed by atoms with Crippen LogP contribution in [0.1, 0.15) is 17.0 Å². The highest BCUT2D eigenvalue weighted by atomic mass is 32.1. The topological polar surface area (TPSA) is 114 Å². The van der Waals surface area contributed by atoms with Crippen LogP contribution in [0.15, 0.2) is 120 Å². The molecule has 0 saturated heterocycles. The van der Waals surface area contributed by atoms with Crippen LogP contribution in [-0.4, -0.2) is 4.57 Å². The second-order valence-electron chi connectivity index (χ2n) is 9.39. The SMILES string of the molecule is N#CC1=C(N)n2c(s/c(=C\c3ccc(Oc4ccccc4)cc3)c2=O)=C(C#N)[C@H]1c1ccc(Oc2ccccc2)cc1. The maximum absolute atomic E-state index is 13.5. The summed E-state index contributed by atoms with van der Waals surface area (Å²) in [7, 11) is 0. The molecule has 0 bridgehead atoms. The maximum Gasteiger partial charge on any atom is 0.274 e. The van der Waals surface area contributed by atoms with E-state index < -0.39 is 5.92 Å². The standard InChI is InChI=1S/C34H22N4O3S/c35-20-28-31(23-13-17-27(18-14-23)41-25-9-5-2-6-10-25)29(21-36)34-38(32(28)37)33(39)30(42-34)19-22-11-15-26(16-12-22)40-24-7-3-1-4-8-24/h1-19,31H,37H2/b30-19-/t31-/m0/s1. The second kappa shape index (κ2) is 11.3. The molecule has 0 amide bonds. The first-order valence-corrected chi connectivity index (χ1v) is 13.8. The molecule has 7 nitrogen and oxygen atoms in total. The predicted octanol–water partition coefficient (Wildman–Crippen LogP) is 5.45. The lowest BCUT2D eigenvalue weighted by molar-refractivity contribution is 0.482. The predicted molar refractivity (Wildman–Crippen MR) is 162 cm³/mol. The number of ether oxygens (including phenoxy) is 2. The van der Waals surface area contributed by atoms with Crippen LogP contribution in [0.25, 0.3) is 17.5 Å². The fourth-order valence-corrected chi connectivity index (χ4v) is 5.87. The number of hydrogen-bond donors (Lipinski definition) is 1. The zero-order valence-corrected chi connectivity index (χ0v) is 22.9. The van der Waals surface area contributed by atoms with Gasteiger partial charge in [0.05, 0.1) is 33.7 Å². The van der Waals surface area contributed by atoms with E-state index in [2.05, 4.69) is 12.1 Å². The van der Waals surface area contributed by atoms with E-state index in [0.29, 0.717) is 32.0 Å². The highest BCUT2D eigenvalue weighted by molar-refractivity contribution is 7.07. The number of rotatable bonds is 6. The Labute approximate surface area is 245 Å². The van der Waals surface area contributed by atoms with Gasteiger partial charge in [-0.1, -0.05) is 60.7 Å². The first-order valence-electron chi connectivity index (χ1n) is 13.0. The van der Waals surface area contributed by atoms with Gasteiger partial charge in [0.25, 0.3) is 5.56 Å². The van der Waals surface area contributed by atoms with Gasteiger partial charge in [0.1, 0.15) is 33.5 Å². The summed E-state index contributed by atoms with van der Waals surface area (Å²) in [5, 5.41) is 20.3. The van der Waals surface area contributed by atoms with Gasteiger partial charge in [-0.3, -0.25) is 9.36 Å². The van der Waals surface area contributed by atoms with Gasteiger partial charge in [-0.2, -0.15) is 10.5 Å². The van der Waals surface area contributed by atoms with E-state index >= 15 is 0 Å². The molecule has 42 heavy (non-hydrogen) atoms. The first-order chi connectivity index (χ1) is 20.6. The summed E-state index contributed by atoms with van der Waals surface area (Å²) in [6.07, 6.45) is 1.74. The fraction of sp³-hybridized carbons (Fsp3) is 0.0294. The molecule has 0 unspecified atom stereocenters. The van der Waals surface area contributed by atoms with Crippen molar-refractivity contribution in [2.75, 3.05) is 0 Å². The van der Waals surface area contributed by atoms with E-state index in [1.54, 1.807) is 30.3 Å². The van der Waals surface area contributed by atoms with Crippen LogP contribution in [0.4, 0.5) is 0 Å². The van der Waals surface area contributed by atoms with Crippen molar-refractivity contribution in [2.45, 2.75) is 5.92 Å². The Kier molecular flexibility index (Phi) is 7.13. The Bertz CT molecular complexity index is 2070. The Morgan fingerprint density at radius 2 is 1.21 bits per heavy atom. The molecule has 2 heterocycles. The molecule has 8 heteroatoms. The van der Waals surface area contributed by atoms with Crippen molar-refractivity contribution in [2.24, 2.45) is 5.73 Å². The van der Waals surface area contributed by atoms with Crippen molar-refractivity contribution < 1.29 is 9.47 Å². The minimum absolute atomic E-state index is 0.0219. The quantitative estimate of drug-likeness (QED) is 0.293. The average Bonchev–Trinajstić information content (AvgIpc) is 3.35. The molecule has 5 aromatic rings. The number of nitrogens with zero attached hydrogens (tertiary/aromatic N) is 3. The largest absolute Gasteiger partial charge is 0.457 e. The highest BCUT2D eigenvalue weighted by Gasteiger charge is 2.32. The van der Waals surface area contributed by atoms with E-state index in [1.807, 2.05) is 84.9 Å². The third-order valence-electron chi connectivity index (χ3n) is 6.74. The third kappa shape index (κ3) is 5.06. The molecule has 1 aliphatic rings. The van der Waals surface area contributed by atoms with E-state index in [4.69, 9.17) is 15.2 Å². The lowest BCUT2D eigenvalue weighted by Gasteiger charge is -2.22. The molecule has 0 radical (unpaired) electrons. The normalized spacial score (nSPS) is 14.6. The maximum atomic E-state index is 13.5. The molecule has 2 N–H and O–H groups in total. The number of para-hydroxylation sites is 2. The molecule has 0 saturated carbocycles. The van der Waals surface area contributed by atoms with E-state index in [1.165, 1.54) is 15.9 Å². The third-order valence-corrected chi connectivity index (χ3v) is 7.85. The van der Waals surface area contributed by atoms with Gasteiger partial charge in [0.15, 0.2) is 0 Å². The van der Waals surface area contributed by atoms with Gasteiger partial charge < -0.3 is 15.2 Å². The summed E-state index contributed by atoms with van der Waals surface area (Å²) in [4.78, 5) is 13.5. The van der Waals surface area contributed by atoms with Gasteiger partial charge in [0, 0.05) is 0 Å². The number of nitrogens with two attached hydrogens (primary N) is 1. The smallest absolute Gasteiger partial charge is 0.274 e. The number of fused-ring (bicyclic) bond motifs is 1. The summed E-state index contributed by atoms with van der Waals surface area (Å²) in [5.41, 5.74) is 7.94. The van der Waals surface area contributed by atoms with Crippen LogP contribution in [0.2, 0.25) is 0 Å². The molecule has 0 aliphatic carbocycles. The lowest BCUT2D eigenvalue weighted by Crippen LogP contribution is -2.38. The fourth-order valence-electron chi connectivity index (χ4n) is 4.75. The van der Waals surface area contributed by atoms with Gasteiger partial charge in [-0.25, -0.2) is 0 Å². The molecule has 202 valence electrons.